The molecule has 5 nitrogen and oxygen atoms in total. The zero-order chi connectivity index (χ0) is 8.97. The van der Waals surface area contributed by atoms with Gasteiger partial charge in [-0.2, -0.15) is 0 Å². The molecular weight excluding hydrogens is 158 g/mol. The second-order valence-corrected chi connectivity index (χ2v) is 2.28. The molecular formula is C7H13N3O2. The van der Waals surface area contributed by atoms with Crippen LogP contribution in [0.1, 0.15) is 13.8 Å². The summed E-state index contributed by atoms with van der Waals surface area (Å²) in [5, 5.41) is 16.9. The highest BCUT2D eigenvalue weighted by Crippen LogP contribution is 2.07. The molecule has 0 spiro atoms. The molecule has 0 atom stereocenters. The maximum Gasteiger partial charge on any atom is 0.398 e. The third kappa shape index (κ3) is 1.61. The first-order valence-corrected chi connectivity index (χ1v) is 3.98. The highest BCUT2D eigenvalue weighted by atomic mass is 16.5. The molecule has 68 valence electrons. The number of aromatic nitrogens is 1. The van der Waals surface area contributed by atoms with Crippen molar-refractivity contribution >= 4 is 11.8 Å². The summed E-state index contributed by atoms with van der Waals surface area (Å²) in [6.45, 7) is 5.18. The smallest absolute Gasteiger partial charge is 0.398 e. The summed E-state index contributed by atoms with van der Waals surface area (Å²) in [5.41, 5.74) is 0. The van der Waals surface area contributed by atoms with Gasteiger partial charge in [0.05, 0.1) is 13.1 Å². The van der Waals surface area contributed by atoms with Crippen molar-refractivity contribution in [3.63, 3.8) is 0 Å². The van der Waals surface area contributed by atoms with E-state index in [0.717, 1.165) is 0 Å². The van der Waals surface area contributed by atoms with E-state index in [1.54, 1.807) is 0 Å². The first-order chi connectivity index (χ1) is 5.79. The summed E-state index contributed by atoms with van der Waals surface area (Å²) in [4.78, 5) is 0. The Labute approximate surface area is 71.0 Å². The standard InChI is InChI=1S/C7H13N3O2/c1-3-8-6-5-12-7(9-4-2)10(6)11/h5,8-9H,3-4H2,1-2H3. The quantitative estimate of drug-likeness (QED) is 0.519. The monoisotopic (exact) mass is 171 g/mol. The summed E-state index contributed by atoms with van der Waals surface area (Å²) in [6, 6.07) is 0.230. The van der Waals surface area contributed by atoms with Crippen molar-refractivity contribution in [3.8, 4) is 0 Å². The highest BCUT2D eigenvalue weighted by molar-refractivity contribution is 5.28. The van der Waals surface area contributed by atoms with Gasteiger partial charge in [-0.25, -0.2) is 4.73 Å². The Morgan fingerprint density at radius 2 is 2.08 bits per heavy atom. The van der Waals surface area contributed by atoms with Crippen LogP contribution >= 0.6 is 0 Å². The van der Waals surface area contributed by atoms with Gasteiger partial charge in [-0.05, 0) is 13.8 Å². The van der Waals surface area contributed by atoms with Gasteiger partial charge in [-0.15, -0.1) is 0 Å². The Morgan fingerprint density at radius 1 is 1.42 bits per heavy atom. The van der Waals surface area contributed by atoms with Crippen LogP contribution in [0.3, 0.4) is 0 Å². The van der Waals surface area contributed by atoms with Gasteiger partial charge in [-0.1, -0.05) is 0 Å². The molecule has 12 heavy (non-hydrogen) atoms. The van der Waals surface area contributed by atoms with Crippen LogP contribution in [0.25, 0.3) is 0 Å². The van der Waals surface area contributed by atoms with E-state index < -0.39 is 0 Å². The zero-order valence-electron chi connectivity index (χ0n) is 7.26. The summed E-state index contributed by atoms with van der Waals surface area (Å²) < 4.78 is 5.67. The third-order valence-corrected chi connectivity index (χ3v) is 1.37. The molecule has 0 aliphatic heterocycles. The lowest BCUT2D eigenvalue weighted by atomic mass is 10.7. The Hall–Kier alpha value is -1.39. The zero-order valence-corrected chi connectivity index (χ0v) is 7.26. The molecule has 0 fully saturated rings. The van der Waals surface area contributed by atoms with Gasteiger partial charge in [0, 0.05) is 0 Å². The van der Waals surface area contributed by atoms with E-state index >= 15 is 0 Å². The van der Waals surface area contributed by atoms with Crippen molar-refractivity contribution in [3.05, 3.63) is 11.5 Å². The van der Waals surface area contributed by atoms with Crippen molar-refractivity contribution in [1.29, 1.82) is 0 Å². The van der Waals surface area contributed by atoms with E-state index in [1.165, 1.54) is 6.26 Å². The van der Waals surface area contributed by atoms with Crippen molar-refractivity contribution in [2.45, 2.75) is 13.8 Å². The minimum atomic E-state index is 0.230. The highest BCUT2D eigenvalue weighted by Gasteiger charge is 2.09. The van der Waals surface area contributed by atoms with E-state index in [4.69, 9.17) is 4.42 Å². The molecule has 0 bridgehead atoms. The van der Waals surface area contributed by atoms with E-state index in [0.29, 0.717) is 23.6 Å². The molecule has 0 aromatic carbocycles. The second kappa shape index (κ2) is 3.85. The maximum absolute atomic E-state index is 11.2. The van der Waals surface area contributed by atoms with E-state index in [2.05, 4.69) is 10.6 Å². The minimum Gasteiger partial charge on any atom is -0.738 e. The van der Waals surface area contributed by atoms with Crippen LogP contribution in [0.2, 0.25) is 0 Å². The molecule has 0 amide bonds. The first-order valence-electron chi connectivity index (χ1n) is 3.98. The van der Waals surface area contributed by atoms with Crippen LogP contribution in [-0.2, 0) is 0 Å². The van der Waals surface area contributed by atoms with Crippen LogP contribution < -0.4 is 15.4 Å². The fourth-order valence-corrected chi connectivity index (χ4v) is 0.876. The summed E-state index contributed by atoms with van der Waals surface area (Å²) in [6.07, 6.45) is 1.40. The van der Waals surface area contributed by atoms with Crippen molar-refractivity contribution in [2.75, 3.05) is 23.7 Å². The number of hydrogen-bond donors (Lipinski definition) is 2. The number of nitrogens with one attached hydrogen (secondary N) is 2. The Kier molecular flexibility index (Phi) is 2.79. The molecule has 2 N–H and O–H groups in total. The predicted octanol–water partition coefficient (Wildman–Crippen LogP) is 0.777. The third-order valence-electron chi connectivity index (χ3n) is 1.37. The second-order valence-electron chi connectivity index (χ2n) is 2.28. The Morgan fingerprint density at radius 3 is 2.67 bits per heavy atom. The molecule has 1 aromatic heterocycles. The molecule has 5 heteroatoms. The molecule has 1 heterocycles. The SMILES string of the molecule is CCNc1coc(NCC)[n+]1[O-]. The Balaban J connectivity index is 2.74. The van der Waals surface area contributed by atoms with Crippen LogP contribution in [-0.4, -0.2) is 13.1 Å². The van der Waals surface area contributed by atoms with Gasteiger partial charge in [0.15, 0.2) is 6.26 Å². The van der Waals surface area contributed by atoms with Gasteiger partial charge in [0.2, 0.25) is 0 Å². The number of nitrogens with zero attached hydrogens (tertiary/aromatic N) is 1. The Bertz CT molecular complexity index is 223. The molecule has 0 saturated carbocycles. The van der Waals surface area contributed by atoms with Gasteiger partial charge >= 0.3 is 6.01 Å². The lowest BCUT2D eigenvalue weighted by molar-refractivity contribution is -0.578. The van der Waals surface area contributed by atoms with E-state index in [-0.39, 0.29) is 6.01 Å². The lowest BCUT2D eigenvalue weighted by Gasteiger charge is -2.04. The minimum absolute atomic E-state index is 0.230. The normalized spacial score (nSPS) is 9.83. The fourth-order valence-electron chi connectivity index (χ4n) is 0.876. The van der Waals surface area contributed by atoms with Crippen LogP contribution in [0, 0.1) is 5.21 Å². The average molecular weight is 171 g/mol. The summed E-state index contributed by atoms with van der Waals surface area (Å²) in [7, 11) is 0. The van der Waals surface area contributed by atoms with E-state index in [1.807, 2.05) is 13.8 Å². The van der Waals surface area contributed by atoms with Crippen molar-refractivity contribution in [2.24, 2.45) is 0 Å². The predicted molar refractivity (Wildman–Crippen MR) is 46.0 cm³/mol. The van der Waals surface area contributed by atoms with Gasteiger partial charge in [0.25, 0.3) is 5.82 Å². The van der Waals surface area contributed by atoms with Gasteiger partial charge < -0.3 is 14.9 Å². The molecule has 0 aliphatic carbocycles. The van der Waals surface area contributed by atoms with Crippen LogP contribution in [0.4, 0.5) is 11.8 Å². The number of hydrogen-bond acceptors (Lipinski definition) is 4. The topological polar surface area (TPSA) is 64.1 Å². The van der Waals surface area contributed by atoms with Crippen molar-refractivity contribution < 1.29 is 9.15 Å². The molecule has 0 saturated heterocycles. The van der Waals surface area contributed by atoms with Gasteiger partial charge in [-0.3, -0.25) is 5.32 Å². The number of anilines is 2. The molecule has 0 unspecified atom stereocenters. The first kappa shape index (κ1) is 8.70. The maximum atomic E-state index is 11.2. The van der Waals surface area contributed by atoms with Crippen LogP contribution in [0.5, 0.6) is 0 Å². The van der Waals surface area contributed by atoms with Crippen LogP contribution in [0.15, 0.2) is 10.7 Å². The lowest BCUT2D eigenvalue weighted by Crippen LogP contribution is -2.31. The summed E-state index contributed by atoms with van der Waals surface area (Å²) in [5.74, 6) is 0.438. The largest absolute Gasteiger partial charge is 0.738 e. The molecule has 0 radical (unpaired) electrons. The van der Waals surface area contributed by atoms with Crippen molar-refractivity contribution in [1.82, 2.24) is 0 Å². The average Bonchev–Trinajstić information content (AvgIpc) is 2.38. The molecule has 1 aromatic rings. The summed E-state index contributed by atoms with van der Waals surface area (Å²) >= 11 is 0. The molecule has 0 aliphatic rings. The number of rotatable bonds is 4. The molecule has 1 rings (SSSR count). The van der Waals surface area contributed by atoms with E-state index in [9.17, 15) is 5.21 Å². The van der Waals surface area contributed by atoms with Gasteiger partial charge in [0.1, 0.15) is 0 Å². The number of oxazole rings is 1. The fraction of sp³-hybridized carbons (Fsp3) is 0.571.